The highest BCUT2D eigenvalue weighted by Gasteiger charge is 2.36. The smallest absolute Gasteiger partial charge is 0.289 e. The lowest BCUT2D eigenvalue weighted by Gasteiger charge is -2.21. The standard InChI is InChI=1S/C19H24N2O4/c1-19(12-20)9-10-21(13-19)18(22)17-8-7-14(25-17)11-24-16-6-4-3-5-15(16)23-2/h3-8H,9-13,20H2,1-2H3. The third-order valence-corrected chi connectivity index (χ3v) is 4.65. The maximum atomic E-state index is 12.6. The summed E-state index contributed by atoms with van der Waals surface area (Å²) < 4.78 is 16.6. The Morgan fingerprint density at radius 2 is 2.04 bits per heavy atom. The molecular formula is C19H24N2O4. The van der Waals surface area contributed by atoms with Crippen LogP contribution in [0.4, 0.5) is 0 Å². The van der Waals surface area contributed by atoms with E-state index in [0.29, 0.717) is 42.7 Å². The molecule has 1 saturated heterocycles. The van der Waals surface area contributed by atoms with Gasteiger partial charge < -0.3 is 24.5 Å². The Morgan fingerprint density at radius 1 is 1.28 bits per heavy atom. The van der Waals surface area contributed by atoms with Gasteiger partial charge in [-0.15, -0.1) is 0 Å². The first-order chi connectivity index (χ1) is 12.0. The van der Waals surface area contributed by atoms with E-state index in [0.717, 1.165) is 6.42 Å². The van der Waals surface area contributed by atoms with E-state index in [2.05, 4.69) is 6.92 Å². The van der Waals surface area contributed by atoms with Crippen LogP contribution in [0.25, 0.3) is 0 Å². The number of benzene rings is 1. The van der Waals surface area contributed by atoms with Crippen LogP contribution in [-0.2, 0) is 6.61 Å². The minimum Gasteiger partial charge on any atom is -0.493 e. The lowest BCUT2D eigenvalue weighted by molar-refractivity contribution is 0.0741. The number of nitrogens with zero attached hydrogens (tertiary/aromatic N) is 1. The number of hydrogen-bond acceptors (Lipinski definition) is 5. The van der Waals surface area contributed by atoms with E-state index in [-0.39, 0.29) is 17.9 Å². The molecule has 134 valence electrons. The molecule has 1 aliphatic rings. The fourth-order valence-electron chi connectivity index (χ4n) is 2.98. The van der Waals surface area contributed by atoms with Crippen molar-refractivity contribution >= 4 is 5.91 Å². The van der Waals surface area contributed by atoms with Gasteiger partial charge in [0, 0.05) is 13.1 Å². The Kier molecular flexibility index (Phi) is 4.99. The third-order valence-electron chi connectivity index (χ3n) is 4.65. The highest BCUT2D eigenvalue weighted by molar-refractivity contribution is 5.91. The van der Waals surface area contributed by atoms with Crippen molar-refractivity contribution in [2.24, 2.45) is 11.1 Å². The number of hydrogen-bond donors (Lipinski definition) is 1. The predicted octanol–water partition coefficient (Wildman–Crippen LogP) is 2.68. The highest BCUT2D eigenvalue weighted by Crippen LogP contribution is 2.30. The van der Waals surface area contributed by atoms with Crippen molar-refractivity contribution in [3.05, 3.63) is 47.9 Å². The van der Waals surface area contributed by atoms with E-state index < -0.39 is 0 Å². The molecule has 1 fully saturated rings. The molecule has 1 unspecified atom stereocenters. The molecule has 1 aliphatic heterocycles. The van der Waals surface area contributed by atoms with Crippen LogP contribution < -0.4 is 15.2 Å². The van der Waals surface area contributed by atoms with Crippen LogP contribution in [-0.4, -0.2) is 37.6 Å². The molecule has 2 heterocycles. The molecule has 0 radical (unpaired) electrons. The Bertz CT molecular complexity index is 743. The lowest BCUT2D eigenvalue weighted by atomic mass is 9.90. The second-order valence-electron chi connectivity index (χ2n) is 6.70. The number of likely N-dealkylation sites (tertiary alicyclic amines) is 1. The molecule has 1 atom stereocenters. The molecule has 0 aliphatic carbocycles. The van der Waals surface area contributed by atoms with Gasteiger partial charge in [0.15, 0.2) is 17.3 Å². The topological polar surface area (TPSA) is 77.9 Å². The molecule has 1 amide bonds. The number of carbonyl (C=O) groups excluding carboxylic acids is 1. The average Bonchev–Trinajstić information content (AvgIpc) is 3.27. The zero-order valence-electron chi connectivity index (χ0n) is 14.7. The van der Waals surface area contributed by atoms with E-state index in [1.54, 1.807) is 24.1 Å². The number of furan rings is 1. The van der Waals surface area contributed by atoms with Crippen molar-refractivity contribution in [2.75, 3.05) is 26.7 Å². The number of rotatable bonds is 6. The molecule has 2 aromatic rings. The van der Waals surface area contributed by atoms with Crippen molar-refractivity contribution in [2.45, 2.75) is 20.0 Å². The minimum atomic E-state index is -0.0966. The fourth-order valence-corrected chi connectivity index (χ4v) is 2.98. The third kappa shape index (κ3) is 3.79. The van der Waals surface area contributed by atoms with Gasteiger partial charge in [0.2, 0.25) is 0 Å². The first-order valence-corrected chi connectivity index (χ1v) is 8.38. The second kappa shape index (κ2) is 7.19. The van der Waals surface area contributed by atoms with Crippen molar-refractivity contribution in [3.63, 3.8) is 0 Å². The normalized spacial score (nSPS) is 19.9. The Labute approximate surface area is 147 Å². The van der Waals surface area contributed by atoms with Crippen molar-refractivity contribution in [3.8, 4) is 11.5 Å². The summed E-state index contributed by atoms with van der Waals surface area (Å²) in [6.45, 7) is 4.28. The van der Waals surface area contributed by atoms with Gasteiger partial charge in [-0.25, -0.2) is 0 Å². The molecular weight excluding hydrogens is 320 g/mol. The van der Waals surface area contributed by atoms with Gasteiger partial charge in [-0.2, -0.15) is 0 Å². The van der Waals surface area contributed by atoms with Gasteiger partial charge in [0.05, 0.1) is 7.11 Å². The maximum absolute atomic E-state index is 12.6. The molecule has 25 heavy (non-hydrogen) atoms. The van der Waals surface area contributed by atoms with E-state index in [4.69, 9.17) is 19.6 Å². The monoisotopic (exact) mass is 344 g/mol. The molecule has 6 heteroatoms. The molecule has 6 nitrogen and oxygen atoms in total. The molecule has 0 spiro atoms. The van der Waals surface area contributed by atoms with Gasteiger partial charge in [-0.3, -0.25) is 4.79 Å². The quantitative estimate of drug-likeness (QED) is 0.872. The van der Waals surface area contributed by atoms with Crippen LogP contribution in [0.5, 0.6) is 11.5 Å². The van der Waals surface area contributed by atoms with Crippen LogP contribution >= 0.6 is 0 Å². The van der Waals surface area contributed by atoms with Crippen LogP contribution in [0.3, 0.4) is 0 Å². The van der Waals surface area contributed by atoms with Crippen LogP contribution in [0.15, 0.2) is 40.8 Å². The number of para-hydroxylation sites is 2. The number of amides is 1. The average molecular weight is 344 g/mol. The Hall–Kier alpha value is -2.47. The predicted molar refractivity (Wildman–Crippen MR) is 93.7 cm³/mol. The van der Waals surface area contributed by atoms with Crippen molar-refractivity contribution in [1.29, 1.82) is 0 Å². The van der Waals surface area contributed by atoms with Gasteiger partial charge in [-0.1, -0.05) is 19.1 Å². The molecule has 0 bridgehead atoms. The van der Waals surface area contributed by atoms with Gasteiger partial charge in [0.1, 0.15) is 12.4 Å². The molecule has 3 rings (SSSR count). The number of methoxy groups -OCH3 is 1. The van der Waals surface area contributed by atoms with Crippen LogP contribution in [0.1, 0.15) is 29.7 Å². The number of ether oxygens (including phenoxy) is 2. The molecule has 1 aromatic heterocycles. The summed E-state index contributed by atoms with van der Waals surface area (Å²) in [5.41, 5.74) is 5.80. The van der Waals surface area contributed by atoms with Gasteiger partial charge in [0.25, 0.3) is 5.91 Å². The van der Waals surface area contributed by atoms with Crippen LogP contribution in [0, 0.1) is 5.41 Å². The van der Waals surface area contributed by atoms with E-state index in [9.17, 15) is 4.79 Å². The summed E-state index contributed by atoms with van der Waals surface area (Å²) in [5, 5.41) is 0. The van der Waals surface area contributed by atoms with Gasteiger partial charge >= 0.3 is 0 Å². The zero-order chi connectivity index (χ0) is 17.9. The summed E-state index contributed by atoms with van der Waals surface area (Å²) in [7, 11) is 1.59. The van der Waals surface area contributed by atoms with Crippen molar-refractivity contribution < 1.29 is 18.7 Å². The van der Waals surface area contributed by atoms with Crippen molar-refractivity contribution in [1.82, 2.24) is 4.90 Å². The first kappa shape index (κ1) is 17.4. The lowest BCUT2D eigenvalue weighted by Crippen LogP contribution is -2.34. The fraction of sp³-hybridized carbons (Fsp3) is 0.421. The summed E-state index contributed by atoms with van der Waals surface area (Å²) in [4.78, 5) is 14.4. The zero-order valence-corrected chi connectivity index (χ0v) is 14.7. The number of carbonyl (C=O) groups is 1. The molecule has 1 aromatic carbocycles. The summed E-state index contributed by atoms with van der Waals surface area (Å²) in [5.74, 6) is 2.12. The summed E-state index contributed by atoms with van der Waals surface area (Å²) in [6, 6.07) is 10.9. The largest absolute Gasteiger partial charge is 0.493 e. The summed E-state index contributed by atoms with van der Waals surface area (Å²) in [6.07, 6.45) is 0.916. The van der Waals surface area contributed by atoms with Gasteiger partial charge in [-0.05, 0) is 42.6 Å². The van der Waals surface area contributed by atoms with E-state index >= 15 is 0 Å². The highest BCUT2D eigenvalue weighted by atomic mass is 16.5. The second-order valence-corrected chi connectivity index (χ2v) is 6.70. The van der Waals surface area contributed by atoms with E-state index in [1.807, 2.05) is 24.3 Å². The van der Waals surface area contributed by atoms with E-state index in [1.165, 1.54) is 0 Å². The Balaban J connectivity index is 1.62. The minimum absolute atomic E-state index is 0.00193. The molecule has 2 N–H and O–H groups in total. The van der Waals surface area contributed by atoms with Crippen LogP contribution in [0.2, 0.25) is 0 Å². The maximum Gasteiger partial charge on any atom is 0.289 e. The Morgan fingerprint density at radius 3 is 2.72 bits per heavy atom. The first-order valence-electron chi connectivity index (χ1n) is 8.38. The summed E-state index contributed by atoms with van der Waals surface area (Å²) >= 11 is 0. The molecule has 0 saturated carbocycles. The SMILES string of the molecule is COc1ccccc1OCc1ccc(C(=O)N2CCC(C)(CN)C2)o1. The number of nitrogens with two attached hydrogens (primary N) is 1.